The summed E-state index contributed by atoms with van der Waals surface area (Å²) in [4.78, 5) is 22.5. The molecule has 0 fully saturated rings. The number of rotatable bonds is 5. The van der Waals surface area contributed by atoms with E-state index in [1.54, 1.807) is 6.07 Å². The van der Waals surface area contributed by atoms with E-state index in [4.69, 9.17) is 15.6 Å². The number of carboxylic acids is 1. The summed E-state index contributed by atoms with van der Waals surface area (Å²) in [6.07, 6.45) is 0. The fourth-order valence-corrected chi connectivity index (χ4v) is 2.03. The van der Waals surface area contributed by atoms with Gasteiger partial charge in [0.2, 0.25) is 0 Å². The third-order valence-corrected chi connectivity index (χ3v) is 3.26. The van der Waals surface area contributed by atoms with Crippen molar-refractivity contribution in [1.82, 2.24) is 0 Å². The molecule has 5 nitrogen and oxygen atoms in total. The zero-order valence-electron chi connectivity index (χ0n) is 9.02. The van der Waals surface area contributed by atoms with Gasteiger partial charge < -0.3 is 15.6 Å². The van der Waals surface area contributed by atoms with Crippen LogP contribution in [0.25, 0.3) is 0 Å². The van der Waals surface area contributed by atoms with Gasteiger partial charge in [0, 0.05) is 4.88 Å². The number of ether oxygens (including phenoxy) is 1. The molecular weight excluding hydrogens is 230 g/mol. The van der Waals surface area contributed by atoms with E-state index in [0.29, 0.717) is 0 Å². The number of carbonyl (C=O) groups excluding carboxylic acids is 1. The lowest BCUT2D eigenvalue weighted by molar-refractivity contribution is -0.119. The summed E-state index contributed by atoms with van der Waals surface area (Å²) in [7, 11) is 0. The van der Waals surface area contributed by atoms with E-state index in [-0.39, 0.29) is 23.2 Å². The smallest absolute Gasteiger partial charge is 0.349 e. The summed E-state index contributed by atoms with van der Waals surface area (Å²) in [5.41, 5.74) is 4.93. The third kappa shape index (κ3) is 2.96. The van der Waals surface area contributed by atoms with E-state index in [9.17, 15) is 9.59 Å². The fourth-order valence-electron chi connectivity index (χ4n) is 1.08. The predicted molar refractivity (Wildman–Crippen MR) is 60.1 cm³/mol. The predicted octanol–water partition coefficient (Wildman–Crippen LogP) is 1.43. The second-order valence-corrected chi connectivity index (χ2v) is 4.64. The molecule has 1 aromatic heterocycles. The molecule has 1 heterocycles. The molecular formula is C10H13NO4S. The van der Waals surface area contributed by atoms with Crippen molar-refractivity contribution < 1.29 is 19.4 Å². The highest BCUT2D eigenvalue weighted by atomic mass is 32.1. The lowest BCUT2D eigenvalue weighted by atomic mass is 10.2. The Morgan fingerprint density at radius 3 is 2.62 bits per heavy atom. The Bertz CT molecular complexity index is 411. The second-order valence-electron chi connectivity index (χ2n) is 3.56. The third-order valence-electron chi connectivity index (χ3n) is 1.85. The maximum atomic E-state index is 10.9. The molecule has 1 rings (SSSR count). The van der Waals surface area contributed by atoms with Gasteiger partial charge in [0.1, 0.15) is 5.75 Å². The molecule has 0 aliphatic rings. The Kier molecular flexibility index (Phi) is 3.89. The van der Waals surface area contributed by atoms with Crippen LogP contribution in [0.15, 0.2) is 6.07 Å². The Hall–Kier alpha value is -1.56. The van der Waals surface area contributed by atoms with Gasteiger partial charge in [-0.15, -0.1) is 11.3 Å². The van der Waals surface area contributed by atoms with Crippen molar-refractivity contribution in [2.75, 3.05) is 6.61 Å². The number of nitrogens with two attached hydrogens (primary N) is 1. The van der Waals surface area contributed by atoms with Crippen molar-refractivity contribution >= 4 is 23.2 Å². The van der Waals surface area contributed by atoms with E-state index in [0.717, 1.165) is 16.2 Å². The molecule has 1 amide bonds. The second kappa shape index (κ2) is 4.98. The molecule has 6 heteroatoms. The quantitative estimate of drug-likeness (QED) is 0.818. The summed E-state index contributed by atoms with van der Waals surface area (Å²) < 4.78 is 5.05. The van der Waals surface area contributed by atoms with Crippen LogP contribution >= 0.6 is 11.3 Å². The first-order valence-corrected chi connectivity index (χ1v) is 5.51. The maximum absolute atomic E-state index is 10.9. The molecule has 0 aromatic carbocycles. The van der Waals surface area contributed by atoms with Gasteiger partial charge in [0.05, 0.1) is 0 Å². The molecule has 1 aromatic rings. The zero-order valence-corrected chi connectivity index (χ0v) is 9.84. The van der Waals surface area contributed by atoms with Crippen LogP contribution in [0.2, 0.25) is 0 Å². The maximum Gasteiger partial charge on any atom is 0.349 e. The number of carbonyl (C=O) groups is 2. The van der Waals surface area contributed by atoms with Crippen molar-refractivity contribution in [2.24, 2.45) is 5.73 Å². The topological polar surface area (TPSA) is 89.6 Å². The van der Waals surface area contributed by atoms with Crippen LogP contribution in [0.3, 0.4) is 0 Å². The van der Waals surface area contributed by atoms with E-state index in [1.807, 2.05) is 13.8 Å². The first kappa shape index (κ1) is 12.5. The Morgan fingerprint density at radius 1 is 1.56 bits per heavy atom. The molecule has 0 spiro atoms. The van der Waals surface area contributed by atoms with Crippen molar-refractivity contribution in [3.05, 3.63) is 15.8 Å². The van der Waals surface area contributed by atoms with E-state index in [1.165, 1.54) is 0 Å². The highest BCUT2D eigenvalue weighted by molar-refractivity contribution is 7.14. The van der Waals surface area contributed by atoms with Gasteiger partial charge in [-0.3, -0.25) is 4.79 Å². The van der Waals surface area contributed by atoms with Crippen molar-refractivity contribution in [1.29, 1.82) is 0 Å². The molecule has 0 saturated heterocycles. The van der Waals surface area contributed by atoms with E-state index >= 15 is 0 Å². The molecule has 0 atom stereocenters. The normalized spacial score (nSPS) is 10.4. The zero-order chi connectivity index (χ0) is 12.3. The van der Waals surface area contributed by atoms with Gasteiger partial charge in [-0.1, -0.05) is 13.8 Å². The van der Waals surface area contributed by atoms with Crippen LogP contribution in [-0.4, -0.2) is 23.6 Å². The molecule has 0 bridgehead atoms. The number of primary amides is 1. The number of amides is 1. The highest BCUT2D eigenvalue weighted by Crippen LogP contribution is 2.33. The Labute approximate surface area is 96.8 Å². The Morgan fingerprint density at radius 2 is 2.19 bits per heavy atom. The number of aromatic carboxylic acids is 1. The van der Waals surface area contributed by atoms with Crippen LogP contribution < -0.4 is 10.5 Å². The molecule has 3 N–H and O–H groups in total. The van der Waals surface area contributed by atoms with Gasteiger partial charge >= 0.3 is 5.97 Å². The molecule has 0 saturated carbocycles. The summed E-state index contributed by atoms with van der Waals surface area (Å²) in [6.45, 7) is 3.60. The average molecular weight is 243 g/mol. The fraction of sp³-hybridized carbons (Fsp3) is 0.400. The van der Waals surface area contributed by atoms with Crippen molar-refractivity contribution in [2.45, 2.75) is 19.8 Å². The molecule has 88 valence electrons. The first-order chi connectivity index (χ1) is 7.41. The van der Waals surface area contributed by atoms with Crippen LogP contribution in [-0.2, 0) is 4.79 Å². The Balaban J connectivity index is 2.96. The van der Waals surface area contributed by atoms with Crippen LogP contribution in [0, 0.1) is 0 Å². The number of thiophene rings is 1. The van der Waals surface area contributed by atoms with Crippen molar-refractivity contribution in [3.63, 3.8) is 0 Å². The van der Waals surface area contributed by atoms with E-state index < -0.39 is 11.9 Å². The molecule has 0 aliphatic carbocycles. The molecule has 0 radical (unpaired) electrons. The summed E-state index contributed by atoms with van der Waals surface area (Å²) in [6, 6.07) is 1.64. The van der Waals surface area contributed by atoms with Gasteiger partial charge in [0.25, 0.3) is 5.91 Å². The summed E-state index contributed by atoms with van der Waals surface area (Å²) in [5.74, 6) is -1.26. The first-order valence-electron chi connectivity index (χ1n) is 4.70. The minimum absolute atomic E-state index is 0.102. The van der Waals surface area contributed by atoms with Crippen LogP contribution in [0.4, 0.5) is 0 Å². The lowest BCUT2D eigenvalue weighted by Gasteiger charge is -2.01. The molecule has 16 heavy (non-hydrogen) atoms. The lowest BCUT2D eigenvalue weighted by Crippen LogP contribution is -2.20. The standard InChI is InChI=1S/C10H13NO4S/c1-5(2)7-3-6(15-4-8(11)12)9(16-7)10(13)14/h3,5H,4H2,1-2H3,(H2,11,12)(H,13,14). The largest absolute Gasteiger partial charge is 0.482 e. The van der Waals surface area contributed by atoms with Gasteiger partial charge in [-0.2, -0.15) is 0 Å². The number of hydrogen-bond donors (Lipinski definition) is 2. The van der Waals surface area contributed by atoms with Crippen molar-refractivity contribution in [3.8, 4) is 5.75 Å². The van der Waals surface area contributed by atoms with Gasteiger partial charge in [-0.05, 0) is 12.0 Å². The number of hydrogen-bond acceptors (Lipinski definition) is 4. The monoisotopic (exact) mass is 243 g/mol. The van der Waals surface area contributed by atoms with Gasteiger partial charge in [-0.25, -0.2) is 4.79 Å². The number of carboxylic acid groups (broad SMARTS) is 1. The van der Waals surface area contributed by atoms with Crippen LogP contribution in [0.1, 0.15) is 34.3 Å². The SMILES string of the molecule is CC(C)c1cc(OCC(N)=O)c(C(=O)O)s1. The minimum atomic E-state index is -1.06. The average Bonchev–Trinajstić information content (AvgIpc) is 2.58. The van der Waals surface area contributed by atoms with E-state index in [2.05, 4.69) is 0 Å². The van der Waals surface area contributed by atoms with Gasteiger partial charge in [0.15, 0.2) is 11.5 Å². The highest BCUT2D eigenvalue weighted by Gasteiger charge is 2.18. The summed E-state index contributed by atoms with van der Waals surface area (Å²) in [5, 5.41) is 8.94. The summed E-state index contributed by atoms with van der Waals surface area (Å²) >= 11 is 1.15. The van der Waals surface area contributed by atoms with Crippen LogP contribution in [0.5, 0.6) is 5.75 Å². The molecule has 0 unspecified atom stereocenters. The minimum Gasteiger partial charge on any atom is -0.482 e. The molecule has 0 aliphatic heterocycles.